The standard InChI is InChI=1S/C13H15NO4/c1-8(15)9-3-4-10(12(7-9)17-2)18-11-5-6-14-13(11)16/h3-4,7,11H,5-6H2,1-2H3,(H,14,16). The molecule has 0 aliphatic carbocycles. The molecule has 1 aromatic carbocycles. The summed E-state index contributed by atoms with van der Waals surface area (Å²) in [6.07, 6.45) is 0.151. The summed E-state index contributed by atoms with van der Waals surface area (Å²) >= 11 is 0. The molecule has 1 unspecified atom stereocenters. The SMILES string of the molecule is COc1cc(C(C)=O)ccc1OC1CCNC1=O. The number of ketones is 1. The Morgan fingerprint density at radius 2 is 2.17 bits per heavy atom. The minimum atomic E-state index is -0.484. The van der Waals surface area contributed by atoms with Gasteiger partial charge in [0.1, 0.15) is 0 Å². The third kappa shape index (κ3) is 2.45. The Kier molecular flexibility index (Phi) is 3.50. The second kappa shape index (κ2) is 5.08. The van der Waals surface area contributed by atoms with E-state index in [0.29, 0.717) is 30.0 Å². The molecule has 0 saturated carbocycles. The van der Waals surface area contributed by atoms with E-state index in [1.807, 2.05) is 0 Å². The number of ether oxygens (including phenoxy) is 2. The van der Waals surface area contributed by atoms with Gasteiger partial charge in [0.05, 0.1) is 7.11 Å². The first-order valence-corrected chi connectivity index (χ1v) is 5.75. The van der Waals surface area contributed by atoms with E-state index in [-0.39, 0.29) is 11.7 Å². The molecule has 0 radical (unpaired) electrons. The number of nitrogens with one attached hydrogen (secondary N) is 1. The fraction of sp³-hybridized carbons (Fsp3) is 0.385. The molecule has 2 rings (SSSR count). The molecule has 96 valence electrons. The van der Waals surface area contributed by atoms with Crippen molar-refractivity contribution in [1.82, 2.24) is 5.32 Å². The Labute approximate surface area is 105 Å². The Morgan fingerprint density at radius 3 is 2.72 bits per heavy atom. The largest absolute Gasteiger partial charge is 0.493 e. The zero-order valence-electron chi connectivity index (χ0n) is 10.4. The van der Waals surface area contributed by atoms with Crippen LogP contribution >= 0.6 is 0 Å². The number of hydrogen-bond donors (Lipinski definition) is 1. The highest BCUT2D eigenvalue weighted by atomic mass is 16.5. The predicted octanol–water partition coefficient (Wildman–Crippen LogP) is 1.17. The van der Waals surface area contributed by atoms with Crippen LogP contribution in [0, 0.1) is 0 Å². The molecule has 1 heterocycles. The Hall–Kier alpha value is -2.04. The van der Waals surface area contributed by atoms with Crippen molar-refractivity contribution >= 4 is 11.7 Å². The average molecular weight is 249 g/mol. The monoisotopic (exact) mass is 249 g/mol. The van der Waals surface area contributed by atoms with Crippen LogP contribution in [0.1, 0.15) is 23.7 Å². The lowest BCUT2D eigenvalue weighted by atomic mass is 10.1. The number of Topliss-reactive ketones (excluding diaryl/α,β-unsaturated/α-hetero) is 1. The number of hydrogen-bond acceptors (Lipinski definition) is 4. The van der Waals surface area contributed by atoms with E-state index in [0.717, 1.165) is 0 Å². The van der Waals surface area contributed by atoms with Crippen molar-refractivity contribution in [2.75, 3.05) is 13.7 Å². The van der Waals surface area contributed by atoms with Crippen LogP contribution < -0.4 is 14.8 Å². The van der Waals surface area contributed by atoms with E-state index in [1.54, 1.807) is 18.2 Å². The molecule has 1 N–H and O–H groups in total. The Bertz CT molecular complexity index is 484. The van der Waals surface area contributed by atoms with Crippen molar-refractivity contribution in [2.24, 2.45) is 0 Å². The molecule has 1 amide bonds. The van der Waals surface area contributed by atoms with E-state index >= 15 is 0 Å². The highest BCUT2D eigenvalue weighted by Crippen LogP contribution is 2.30. The second-order valence-electron chi connectivity index (χ2n) is 4.11. The van der Waals surface area contributed by atoms with Gasteiger partial charge in [0.2, 0.25) is 0 Å². The number of benzene rings is 1. The number of rotatable bonds is 4. The van der Waals surface area contributed by atoms with E-state index in [4.69, 9.17) is 9.47 Å². The van der Waals surface area contributed by atoms with Crippen molar-refractivity contribution in [1.29, 1.82) is 0 Å². The fourth-order valence-electron chi connectivity index (χ4n) is 1.82. The normalized spacial score (nSPS) is 18.3. The van der Waals surface area contributed by atoms with Crippen LogP contribution in [0.5, 0.6) is 11.5 Å². The summed E-state index contributed by atoms with van der Waals surface area (Å²) in [4.78, 5) is 22.7. The van der Waals surface area contributed by atoms with E-state index in [2.05, 4.69) is 5.32 Å². The smallest absolute Gasteiger partial charge is 0.261 e. The lowest BCUT2D eigenvalue weighted by molar-refractivity contribution is -0.124. The van der Waals surface area contributed by atoms with Crippen molar-refractivity contribution < 1.29 is 19.1 Å². The number of methoxy groups -OCH3 is 1. The molecule has 5 nitrogen and oxygen atoms in total. The van der Waals surface area contributed by atoms with Crippen molar-refractivity contribution in [3.8, 4) is 11.5 Å². The van der Waals surface area contributed by atoms with Gasteiger partial charge in [0.25, 0.3) is 5.91 Å². The van der Waals surface area contributed by atoms with Gasteiger partial charge in [-0.15, -0.1) is 0 Å². The molecule has 0 bridgehead atoms. The van der Waals surface area contributed by atoms with Crippen LogP contribution in [-0.4, -0.2) is 31.4 Å². The zero-order chi connectivity index (χ0) is 13.1. The summed E-state index contributed by atoms with van der Waals surface area (Å²) in [5.74, 6) is 0.776. The molecule has 1 fully saturated rings. The Morgan fingerprint density at radius 1 is 1.39 bits per heavy atom. The molecular formula is C13H15NO4. The van der Waals surface area contributed by atoms with E-state index in [9.17, 15) is 9.59 Å². The highest BCUT2D eigenvalue weighted by Gasteiger charge is 2.26. The minimum Gasteiger partial charge on any atom is -0.493 e. The van der Waals surface area contributed by atoms with Crippen molar-refractivity contribution in [3.63, 3.8) is 0 Å². The first-order valence-electron chi connectivity index (χ1n) is 5.75. The fourth-order valence-corrected chi connectivity index (χ4v) is 1.82. The maximum Gasteiger partial charge on any atom is 0.261 e. The molecule has 1 aliphatic rings. The maximum atomic E-state index is 11.4. The molecule has 1 atom stereocenters. The number of carbonyl (C=O) groups excluding carboxylic acids is 2. The van der Waals surface area contributed by atoms with Gasteiger partial charge in [-0.25, -0.2) is 0 Å². The maximum absolute atomic E-state index is 11.4. The van der Waals surface area contributed by atoms with E-state index in [1.165, 1.54) is 14.0 Å². The summed E-state index contributed by atoms with van der Waals surface area (Å²) in [6.45, 7) is 2.11. The predicted molar refractivity (Wildman–Crippen MR) is 65.0 cm³/mol. The molecular weight excluding hydrogens is 234 g/mol. The Balaban J connectivity index is 2.22. The molecule has 1 saturated heterocycles. The summed E-state index contributed by atoms with van der Waals surface area (Å²) in [5.41, 5.74) is 0.551. The van der Waals surface area contributed by atoms with Gasteiger partial charge in [0, 0.05) is 18.5 Å². The first-order chi connectivity index (χ1) is 8.61. The zero-order valence-corrected chi connectivity index (χ0v) is 10.4. The van der Waals surface area contributed by atoms with Gasteiger partial charge >= 0.3 is 0 Å². The topological polar surface area (TPSA) is 64.6 Å². The summed E-state index contributed by atoms with van der Waals surface area (Å²) in [7, 11) is 1.50. The van der Waals surface area contributed by atoms with Gasteiger partial charge in [-0.3, -0.25) is 9.59 Å². The molecule has 0 aromatic heterocycles. The third-order valence-corrected chi connectivity index (χ3v) is 2.84. The minimum absolute atomic E-state index is 0.0431. The summed E-state index contributed by atoms with van der Waals surface area (Å²) in [5, 5.41) is 2.70. The lowest BCUT2D eigenvalue weighted by Crippen LogP contribution is -2.27. The van der Waals surface area contributed by atoms with E-state index < -0.39 is 6.10 Å². The second-order valence-corrected chi connectivity index (χ2v) is 4.11. The van der Waals surface area contributed by atoms with Gasteiger partial charge in [-0.1, -0.05) is 0 Å². The van der Waals surface area contributed by atoms with Crippen LogP contribution in [0.25, 0.3) is 0 Å². The summed E-state index contributed by atoms with van der Waals surface area (Å²) in [6, 6.07) is 4.93. The number of amides is 1. The van der Waals surface area contributed by atoms with Gasteiger partial charge in [0.15, 0.2) is 23.4 Å². The van der Waals surface area contributed by atoms with Gasteiger partial charge in [-0.05, 0) is 25.1 Å². The van der Waals surface area contributed by atoms with Gasteiger partial charge < -0.3 is 14.8 Å². The van der Waals surface area contributed by atoms with Gasteiger partial charge in [-0.2, -0.15) is 0 Å². The van der Waals surface area contributed by atoms with Crippen LogP contribution in [0.4, 0.5) is 0 Å². The van der Waals surface area contributed by atoms with Crippen molar-refractivity contribution in [3.05, 3.63) is 23.8 Å². The summed E-state index contributed by atoms with van der Waals surface area (Å²) < 4.78 is 10.8. The average Bonchev–Trinajstić information content (AvgIpc) is 2.75. The molecule has 18 heavy (non-hydrogen) atoms. The highest BCUT2D eigenvalue weighted by molar-refractivity contribution is 5.94. The molecule has 0 spiro atoms. The van der Waals surface area contributed by atoms with Crippen molar-refractivity contribution in [2.45, 2.75) is 19.4 Å². The first kappa shape index (κ1) is 12.4. The van der Waals surface area contributed by atoms with Crippen LogP contribution in [-0.2, 0) is 4.79 Å². The molecule has 5 heteroatoms. The lowest BCUT2D eigenvalue weighted by Gasteiger charge is -2.14. The molecule has 1 aliphatic heterocycles. The third-order valence-electron chi connectivity index (χ3n) is 2.84. The molecule has 1 aromatic rings. The van der Waals surface area contributed by atoms with Crippen LogP contribution in [0.15, 0.2) is 18.2 Å². The van der Waals surface area contributed by atoms with Crippen LogP contribution in [0.2, 0.25) is 0 Å². The number of carbonyl (C=O) groups is 2. The quantitative estimate of drug-likeness (QED) is 0.813. The van der Waals surface area contributed by atoms with Crippen LogP contribution in [0.3, 0.4) is 0 Å².